The van der Waals surface area contributed by atoms with E-state index >= 15 is 8.78 Å². The second-order valence-corrected chi connectivity index (χ2v) is 9.75. The molecule has 3 nitrogen and oxygen atoms in total. The number of fused-ring (bicyclic) bond motifs is 1. The fourth-order valence-electron chi connectivity index (χ4n) is 4.70. The molecule has 206 valence electrons. The third kappa shape index (κ3) is 7.86. The SMILES string of the molecule is CCCCCCOc1ccc(C2CCc3cc(OCCCCOCCCC)c(F)c(F)c3C2(F)F)cc1. The Balaban J connectivity index is 1.62. The third-order valence-corrected chi connectivity index (χ3v) is 6.86. The van der Waals surface area contributed by atoms with Gasteiger partial charge in [0.1, 0.15) is 5.75 Å². The second kappa shape index (κ2) is 14.6. The molecule has 0 spiro atoms. The molecule has 0 saturated carbocycles. The summed E-state index contributed by atoms with van der Waals surface area (Å²) < 4.78 is 77.4. The molecule has 0 aliphatic heterocycles. The van der Waals surface area contributed by atoms with Crippen LogP contribution in [0.3, 0.4) is 0 Å². The zero-order chi connectivity index (χ0) is 26.7. The normalized spacial score (nSPS) is 16.4. The molecule has 1 aliphatic rings. The molecule has 0 amide bonds. The number of rotatable bonds is 16. The molecule has 1 aliphatic carbocycles. The van der Waals surface area contributed by atoms with Crippen molar-refractivity contribution in [2.45, 2.75) is 89.9 Å². The number of benzene rings is 2. The van der Waals surface area contributed by atoms with Gasteiger partial charge in [0.15, 0.2) is 11.6 Å². The minimum Gasteiger partial charge on any atom is -0.494 e. The monoisotopic (exact) mass is 524 g/mol. The first-order valence-electron chi connectivity index (χ1n) is 13.7. The summed E-state index contributed by atoms with van der Waals surface area (Å²) in [5, 5.41) is 0. The molecule has 2 aromatic carbocycles. The lowest BCUT2D eigenvalue weighted by Gasteiger charge is -2.34. The molecular weight excluding hydrogens is 484 g/mol. The van der Waals surface area contributed by atoms with Crippen LogP contribution in [0.2, 0.25) is 0 Å². The van der Waals surface area contributed by atoms with Crippen LogP contribution in [0.5, 0.6) is 11.5 Å². The summed E-state index contributed by atoms with van der Waals surface area (Å²) in [6.07, 6.45) is 8.04. The van der Waals surface area contributed by atoms with Gasteiger partial charge < -0.3 is 14.2 Å². The average molecular weight is 525 g/mol. The van der Waals surface area contributed by atoms with Crippen LogP contribution in [0.1, 0.15) is 94.2 Å². The Morgan fingerprint density at radius 2 is 1.43 bits per heavy atom. The fourth-order valence-corrected chi connectivity index (χ4v) is 4.70. The average Bonchev–Trinajstić information content (AvgIpc) is 2.88. The van der Waals surface area contributed by atoms with Gasteiger partial charge in [-0.1, -0.05) is 51.7 Å². The van der Waals surface area contributed by atoms with Crippen LogP contribution >= 0.6 is 0 Å². The summed E-state index contributed by atoms with van der Waals surface area (Å²) in [5.74, 6) is -7.35. The number of ether oxygens (including phenoxy) is 3. The first kappa shape index (κ1) is 29.3. The van der Waals surface area contributed by atoms with Crippen LogP contribution in [0.15, 0.2) is 30.3 Å². The highest BCUT2D eigenvalue weighted by molar-refractivity contribution is 5.45. The molecule has 0 heterocycles. The highest BCUT2D eigenvalue weighted by Gasteiger charge is 2.49. The Hall–Kier alpha value is -2.28. The van der Waals surface area contributed by atoms with Crippen molar-refractivity contribution < 1.29 is 31.8 Å². The summed E-state index contributed by atoms with van der Waals surface area (Å²) in [7, 11) is 0. The van der Waals surface area contributed by atoms with Gasteiger partial charge in [-0.2, -0.15) is 4.39 Å². The van der Waals surface area contributed by atoms with Crippen LogP contribution in [0, 0.1) is 11.6 Å². The van der Waals surface area contributed by atoms with E-state index in [0.717, 1.165) is 44.9 Å². The number of hydrogen-bond donors (Lipinski definition) is 0. The largest absolute Gasteiger partial charge is 0.494 e. The third-order valence-electron chi connectivity index (χ3n) is 6.86. The maximum Gasteiger partial charge on any atom is 0.283 e. The second-order valence-electron chi connectivity index (χ2n) is 9.75. The van der Waals surface area contributed by atoms with E-state index in [-0.39, 0.29) is 30.8 Å². The van der Waals surface area contributed by atoms with E-state index < -0.39 is 29.0 Å². The quantitative estimate of drug-likeness (QED) is 0.162. The molecule has 0 bridgehead atoms. The van der Waals surface area contributed by atoms with Crippen molar-refractivity contribution in [1.82, 2.24) is 0 Å². The molecule has 2 aromatic rings. The van der Waals surface area contributed by atoms with Gasteiger partial charge in [-0.15, -0.1) is 0 Å². The van der Waals surface area contributed by atoms with E-state index in [1.54, 1.807) is 24.3 Å². The summed E-state index contributed by atoms with van der Waals surface area (Å²) >= 11 is 0. The molecule has 0 aromatic heterocycles. The summed E-state index contributed by atoms with van der Waals surface area (Å²) in [4.78, 5) is 0. The molecule has 0 saturated heterocycles. The van der Waals surface area contributed by atoms with E-state index in [2.05, 4.69) is 13.8 Å². The number of aryl methyl sites for hydroxylation is 1. The molecule has 0 fully saturated rings. The highest BCUT2D eigenvalue weighted by Crippen LogP contribution is 2.51. The van der Waals surface area contributed by atoms with E-state index in [9.17, 15) is 8.78 Å². The summed E-state index contributed by atoms with van der Waals surface area (Å²) in [5.41, 5.74) is -0.366. The van der Waals surface area contributed by atoms with Gasteiger partial charge >= 0.3 is 0 Å². The zero-order valence-electron chi connectivity index (χ0n) is 22.1. The smallest absolute Gasteiger partial charge is 0.283 e. The minimum absolute atomic E-state index is 0.102. The standard InChI is InChI=1S/C30H40F4O3/c1-3-5-7-8-19-36-24-14-11-22(12-15-24)25-16-13-23-21-26(28(31)29(32)27(23)30(25,33)34)37-20-10-9-18-35-17-6-4-2/h11-12,14-15,21,25H,3-10,13,16-20H2,1-2H3. The van der Waals surface area contributed by atoms with Gasteiger partial charge in [-0.3, -0.25) is 0 Å². The predicted octanol–water partition coefficient (Wildman–Crippen LogP) is 8.72. The molecule has 37 heavy (non-hydrogen) atoms. The van der Waals surface area contributed by atoms with Crippen LogP contribution in [0.4, 0.5) is 17.6 Å². The number of halogens is 4. The molecule has 7 heteroatoms. The number of alkyl halides is 2. The van der Waals surface area contributed by atoms with E-state index in [0.29, 0.717) is 37.6 Å². The van der Waals surface area contributed by atoms with Crippen molar-refractivity contribution in [3.05, 3.63) is 58.7 Å². The molecule has 0 N–H and O–H groups in total. The van der Waals surface area contributed by atoms with Gasteiger partial charge in [0, 0.05) is 13.2 Å². The van der Waals surface area contributed by atoms with E-state index in [1.807, 2.05) is 0 Å². The van der Waals surface area contributed by atoms with Crippen molar-refractivity contribution in [2.75, 3.05) is 26.4 Å². The van der Waals surface area contributed by atoms with Gasteiger partial charge in [-0.25, -0.2) is 13.2 Å². The van der Waals surface area contributed by atoms with Crippen molar-refractivity contribution in [1.29, 1.82) is 0 Å². The topological polar surface area (TPSA) is 27.7 Å². The highest BCUT2D eigenvalue weighted by atomic mass is 19.3. The molecule has 0 radical (unpaired) electrons. The van der Waals surface area contributed by atoms with Gasteiger partial charge in [-0.05, 0) is 67.9 Å². The fraction of sp³-hybridized carbons (Fsp3) is 0.600. The molecule has 3 rings (SSSR count). The summed E-state index contributed by atoms with van der Waals surface area (Å²) in [6.45, 7) is 6.24. The van der Waals surface area contributed by atoms with Crippen molar-refractivity contribution in [3.63, 3.8) is 0 Å². The Bertz CT molecular complexity index is 962. The van der Waals surface area contributed by atoms with Crippen molar-refractivity contribution >= 4 is 0 Å². The lowest BCUT2D eigenvalue weighted by atomic mass is 9.76. The van der Waals surface area contributed by atoms with Crippen molar-refractivity contribution in [3.8, 4) is 11.5 Å². The van der Waals surface area contributed by atoms with Gasteiger partial charge in [0.2, 0.25) is 5.82 Å². The minimum atomic E-state index is -3.55. The Morgan fingerprint density at radius 3 is 2.16 bits per heavy atom. The lowest BCUT2D eigenvalue weighted by Crippen LogP contribution is -2.32. The lowest BCUT2D eigenvalue weighted by molar-refractivity contribution is -0.0474. The number of hydrogen-bond acceptors (Lipinski definition) is 3. The van der Waals surface area contributed by atoms with Crippen LogP contribution in [-0.2, 0) is 17.1 Å². The molecular formula is C30H40F4O3. The first-order chi connectivity index (χ1) is 17.9. The Kier molecular flexibility index (Phi) is 11.6. The maximum atomic E-state index is 15.5. The van der Waals surface area contributed by atoms with Gasteiger partial charge in [0.05, 0.1) is 24.7 Å². The predicted molar refractivity (Wildman–Crippen MR) is 138 cm³/mol. The van der Waals surface area contributed by atoms with Crippen LogP contribution in [0.25, 0.3) is 0 Å². The summed E-state index contributed by atoms with van der Waals surface area (Å²) in [6, 6.07) is 7.78. The van der Waals surface area contributed by atoms with Gasteiger partial charge in [0.25, 0.3) is 5.92 Å². The molecule has 1 atom stereocenters. The zero-order valence-corrected chi connectivity index (χ0v) is 22.1. The van der Waals surface area contributed by atoms with E-state index in [1.165, 1.54) is 6.07 Å². The number of unbranched alkanes of at least 4 members (excludes halogenated alkanes) is 5. The Morgan fingerprint density at radius 1 is 0.784 bits per heavy atom. The maximum absolute atomic E-state index is 15.5. The van der Waals surface area contributed by atoms with E-state index in [4.69, 9.17) is 14.2 Å². The van der Waals surface area contributed by atoms with Crippen molar-refractivity contribution in [2.24, 2.45) is 0 Å². The van der Waals surface area contributed by atoms with Crippen LogP contribution in [-0.4, -0.2) is 26.4 Å². The Labute approximate surface area is 218 Å². The first-order valence-corrected chi connectivity index (χ1v) is 13.7. The van der Waals surface area contributed by atoms with Crippen LogP contribution < -0.4 is 9.47 Å². The molecule has 1 unspecified atom stereocenters.